The minimum atomic E-state index is -0.0336. The number of rotatable bonds is 6. The molecular formula is C15H22N2O3. The van der Waals surface area contributed by atoms with Gasteiger partial charge in [0, 0.05) is 36.5 Å². The van der Waals surface area contributed by atoms with Gasteiger partial charge < -0.3 is 20.5 Å². The van der Waals surface area contributed by atoms with Crippen LogP contribution in [0.4, 0.5) is 5.69 Å². The molecule has 1 fully saturated rings. The third kappa shape index (κ3) is 3.22. The van der Waals surface area contributed by atoms with Gasteiger partial charge in [0.1, 0.15) is 5.75 Å². The monoisotopic (exact) mass is 278 g/mol. The zero-order valence-electron chi connectivity index (χ0n) is 11.8. The normalized spacial score (nSPS) is 14.7. The summed E-state index contributed by atoms with van der Waals surface area (Å²) in [6, 6.07) is 5.37. The van der Waals surface area contributed by atoms with Crippen LogP contribution < -0.4 is 10.5 Å². The lowest BCUT2D eigenvalue weighted by Crippen LogP contribution is -2.45. The Kier molecular flexibility index (Phi) is 4.84. The number of aliphatic hydroxyl groups excluding tert-OH is 1. The predicted molar refractivity (Wildman–Crippen MR) is 77.8 cm³/mol. The van der Waals surface area contributed by atoms with Gasteiger partial charge in [0.2, 0.25) is 0 Å². The van der Waals surface area contributed by atoms with E-state index in [9.17, 15) is 4.79 Å². The molecule has 1 aromatic carbocycles. The van der Waals surface area contributed by atoms with Gasteiger partial charge >= 0.3 is 0 Å². The molecule has 0 heterocycles. The highest BCUT2D eigenvalue weighted by Gasteiger charge is 2.29. The van der Waals surface area contributed by atoms with E-state index >= 15 is 0 Å². The van der Waals surface area contributed by atoms with Gasteiger partial charge in [-0.1, -0.05) is 0 Å². The quantitative estimate of drug-likeness (QED) is 0.776. The van der Waals surface area contributed by atoms with Crippen molar-refractivity contribution in [2.75, 3.05) is 26.0 Å². The molecule has 5 nitrogen and oxygen atoms in total. The Bertz CT molecular complexity index is 472. The van der Waals surface area contributed by atoms with Gasteiger partial charge in [-0.15, -0.1) is 0 Å². The fraction of sp³-hybridized carbons (Fsp3) is 0.533. The van der Waals surface area contributed by atoms with Gasteiger partial charge in [-0.05, 0) is 37.8 Å². The number of benzene rings is 1. The van der Waals surface area contributed by atoms with Crippen molar-refractivity contribution in [2.45, 2.75) is 31.7 Å². The van der Waals surface area contributed by atoms with Crippen LogP contribution in [0.25, 0.3) is 0 Å². The number of nitrogens with zero attached hydrogens (tertiary/aromatic N) is 1. The van der Waals surface area contributed by atoms with E-state index in [4.69, 9.17) is 15.6 Å². The van der Waals surface area contributed by atoms with Gasteiger partial charge in [0.05, 0.1) is 7.11 Å². The summed E-state index contributed by atoms with van der Waals surface area (Å²) in [5.74, 6) is 0.554. The van der Waals surface area contributed by atoms with Crippen LogP contribution in [0.3, 0.4) is 0 Å². The van der Waals surface area contributed by atoms with Crippen LogP contribution in [-0.2, 0) is 0 Å². The van der Waals surface area contributed by atoms with Crippen LogP contribution in [0.2, 0.25) is 0 Å². The van der Waals surface area contributed by atoms with Gasteiger partial charge in [-0.3, -0.25) is 4.79 Å². The van der Waals surface area contributed by atoms with Crippen molar-refractivity contribution in [1.82, 2.24) is 4.90 Å². The zero-order chi connectivity index (χ0) is 14.5. The highest BCUT2D eigenvalue weighted by Crippen LogP contribution is 2.28. The number of hydrogen-bond acceptors (Lipinski definition) is 4. The average molecular weight is 278 g/mol. The van der Waals surface area contributed by atoms with Crippen LogP contribution in [0, 0.1) is 0 Å². The molecule has 0 atom stereocenters. The zero-order valence-corrected chi connectivity index (χ0v) is 11.8. The number of hydrogen-bond donors (Lipinski definition) is 2. The number of methoxy groups -OCH3 is 1. The topological polar surface area (TPSA) is 75.8 Å². The third-order valence-corrected chi connectivity index (χ3v) is 3.74. The molecule has 0 spiro atoms. The number of anilines is 1. The first kappa shape index (κ1) is 14.7. The van der Waals surface area contributed by atoms with Crippen molar-refractivity contribution in [1.29, 1.82) is 0 Å². The SMILES string of the molecule is COc1cc(N)cc(C(=O)N(CCCO)C2CCC2)c1. The maximum absolute atomic E-state index is 12.6. The summed E-state index contributed by atoms with van der Waals surface area (Å²) >= 11 is 0. The first-order valence-corrected chi connectivity index (χ1v) is 7.02. The summed E-state index contributed by atoms with van der Waals surface area (Å²) in [4.78, 5) is 14.5. The molecule has 0 saturated heterocycles. The Morgan fingerprint density at radius 1 is 1.45 bits per heavy atom. The lowest BCUT2D eigenvalue weighted by Gasteiger charge is -2.37. The van der Waals surface area contributed by atoms with Crippen LogP contribution in [0.15, 0.2) is 18.2 Å². The van der Waals surface area contributed by atoms with E-state index in [0.29, 0.717) is 36.0 Å². The van der Waals surface area contributed by atoms with Crippen molar-refractivity contribution in [3.8, 4) is 5.75 Å². The van der Waals surface area contributed by atoms with Gasteiger partial charge in [-0.25, -0.2) is 0 Å². The molecule has 0 radical (unpaired) electrons. The van der Waals surface area contributed by atoms with E-state index in [-0.39, 0.29) is 12.5 Å². The van der Waals surface area contributed by atoms with Crippen molar-refractivity contribution in [3.63, 3.8) is 0 Å². The van der Waals surface area contributed by atoms with E-state index in [1.165, 1.54) is 0 Å². The van der Waals surface area contributed by atoms with Crippen molar-refractivity contribution < 1.29 is 14.6 Å². The van der Waals surface area contributed by atoms with Crippen molar-refractivity contribution in [3.05, 3.63) is 23.8 Å². The van der Waals surface area contributed by atoms with Crippen LogP contribution in [-0.4, -0.2) is 42.2 Å². The van der Waals surface area contributed by atoms with E-state index in [1.807, 2.05) is 4.90 Å². The molecule has 5 heteroatoms. The summed E-state index contributed by atoms with van der Waals surface area (Å²) in [6.07, 6.45) is 3.84. The van der Waals surface area contributed by atoms with E-state index in [2.05, 4.69) is 0 Å². The fourth-order valence-corrected chi connectivity index (χ4v) is 2.42. The maximum Gasteiger partial charge on any atom is 0.254 e. The molecule has 0 bridgehead atoms. The lowest BCUT2D eigenvalue weighted by atomic mass is 9.90. The number of carbonyl (C=O) groups excluding carboxylic acids is 1. The highest BCUT2D eigenvalue weighted by molar-refractivity contribution is 5.95. The molecule has 0 aliphatic heterocycles. The molecule has 20 heavy (non-hydrogen) atoms. The third-order valence-electron chi connectivity index (χ3n) is 3.74. The summed E-state index contributed by atoms with van der Waals surface area (Å²) in [5.41, 5.74) is 6.87. The van der Waals surface area contributed by atoms with Crippen LogP contribution in [0.1, 0.15) is 36.0 Å². The standard InChI is InChI=1S/C15H22N2O3/c1-20-14-9-11(8-12(16)10-14)15(19)17(6-3-7-18)13-4-2-5-13/h8-10,13,18H,2-7,16H2,1H3. The number of ether oxygens (including phenoxy) is 1. The lowest BCUT2D eigenvalue weighted by molar-refractivity contribution is 0.0562. The van der Waals surface area contributed by atoms with E-state index in [1.54, 1.807) is 25.3 Å². The van der Waals surface area contributed by atoms with Gasteiger partial charge in [0.15, 0.2) is 0 Å². The molecule has 0 aromatic heterocycles. The van der Waals surface area contributed by atoms with E-state index < -0.39 is 0 Å². The summed E-state index contributed by atoms with van der Waals surface area (Å²) in [5, 5.41) is 8.99. The largest absolute Gasteiger partial charge is 0.497 e. The Morgan fingerprint density at radius 2 is 2.20 bits per heavy atom. The van der Waals surface area contributed by atoms with Gasteiger partial charge in [0.25, 0.3) is 5.91 Å². The Balaban J connectivity index is 2.19. The van der Waals surface area contributed by atoms with Crippen LogP contribution >= 0.6 is 0 Å². The van der Waals surface area contributed by atoms with Crippen molar-refractivity contribution in [2.24, 2.45) is 0 Å². The minimum Gasteiger partial charge on any atom is -0.497 e. The van der Waals surface area contributed by atoms with E-state index in [0.717, 1.165) is 19.3 Å². The Hall–Kier alpha value is -1.75. The Labute approximate surface area is 119 Å². The molecule has 2 rings (SSSR count). The molecule has 1 saturated carbocycles. The second kappa shape index (κ2) is 6.61. The second-order valence-corrected chi connectivity index (χ2v) is 5.16. The summed E-state index contributed by atoms with van der Waals surface area (Å²) in [6.45, 7) is 0.674. The second-order valence-electron chi connectivity index (χ2n) is 5.16. The van der Waals surface area contributed by atoms with Crippen LogP contribution in [0.5, 0.6) is 5.75 Å². The predicted octanol–water partition coefficient (Wildman–Crippen LogP) is 1.65. The van der Waals surface area contributed by atoms with Crippen molar-refractivity contribution >= 4 is 11.6 Å². The molecular weight excluding hydrogens is 256 g/mol. The molecule has 1 aromatic rings. The molecule has 1 amide bonds. The first-order chi connectivity index (χ1) is 9.65. The fourth-order valence-electron chi connectivity index (χ4n) is 2.42. The number of amides is 1. The molecule has 1 aliphatic carbocycles. The summed E-state index contributed by atoms with van der Waals surface area (Å²) in [7, 11) is 1.55. The number of aliphatic hydroxyl groups is 1. The Morgan fingerprint density at radius 3 is 2.75 bits per heavy atom. The number of nitrogen functional groups attached to an aromatic ring is 1. The average Bonchev–Trinajstić information content (AvgIpc) is 2.39. The molecule has 0 unspecified atom stereocenters. The molecule has 1 aliphatic rings. The number of carbonyl (C=O) groups is 1. The smallest absolute Gasteiger partial charge is 0.254 e. The van der Waals surface area contributed by atoms with Gasteiger partial charge in [-0.2, -0.15) is 0 Å². The molecule has 110 valence electrons. The first-order valence-electron chi connectivity index (χ1n) is 7.02. The number of nitrogens with two attached hydrogens (primary N) is 1. The maximum atomic E-state index is 12.6. The molecule has 3 N–H and O–H groups in total. The minimum absolute atomic E-state index is 0.0336. The highest BCUT2D eigenvalue weighted by atomic mass is 16.5. The summed E-state index contributed by atoms with van der Waals surface area (Å²) < 4.78 is 5.16.